The molecular formula is C17H16F3NO3. The van der Waals surface area contributed by atoms with E-state index in [1.165, 1.54) is 24.3 Å². The van der Waals surface area contributed by atoms with Gasteiger partial charge in [-0.15, -0.1) is 0 Å². The minimum absolute atomic E-state index is 0.0475. The zero-order valence-electron chi connectivity index (χ0n) is 12.5. The van der Waals surface area contributed by atoms with E-state index in [-0.39, 0.29) is 24.3 Å². The first kappa shape index (κ1) is 17.8. The molecule has 0 aromatic heterocycles. The average Bonchev–Trinajstić information content (AvgIpc) is 2.52. The van der Waals surface area contributed by atoms with Gasteiger partial charge in [-0.25, -0.2) is 0 Å². The number of aliphatic hydroxyl groups excluding tert-OH is 1. The molecular weight excluding hydrogens is 323 g/mol. The van der Waals surface area contributed by atoms with Crippen molar-refractivity contribution in [3.05, 3.63) is 65.2 Å². The molecule has 0 saturated carbocycles. The van der Waals surface area contributed by atoms with Gasteiger partial charge in [0, 0.05) is 13.0 Å². The first-order valence-corrected chi connectivity index (χ1v) is 7.15. The fourth-order valence-corrected chi connectivity index (χ4v) is 2.16. The second-order valence-corrected chi connectivity index (χ2v) is 5.31. The highest BCUT2D eigenvalue weighted by Crippen LogP contribution is 2.29. The molecule has 2 aromatic rings. The van der Waals surface area contributed by atoms with Crippen LogP contribution in [-0.4, -0.2) is 22.2 Å². The molecule has 1 amide bonds. The van der Waals surface area contributed by atoms with Gasteiger partial charge >= 0.3 is 6.18 Å². The second-order valence-electron chi connectivity index (χ2n) is 5.31. The number of nitrogens with one attached hydrogen (secondary N) is 1. The van der Waals surface area contributed by atoms with Crippen molar-refractivity contribution in [2.45, 2.75) is 25.2 Å². The van der Waals surface area contributed by atoms with Crippen molar-refractivity contribution in [1.29, 1.82) is 0 Å². The molecule has 1 atom stereocenters. The van der Waals surface area contributed by atoms with Crippen LogP contribution in [0, 0.1) is 0 Å². The molecule has 0 aliphatic rings. The maximum absolute atomic E-state index is 12.6. The topological polar surface area (TPSA) is 69.6 Å². The monoisotopic (exact) mass is 339 g/mol. The number of rotatable bonds is 5. The molecule has 1 unspecified atom stereocenters. The quantitative estimate of drug-likeness (QED) is 0.784. The number of aliphatic hydroxyl groups is 1. The van der Waals surface area contributed by atoms with Crippen LogP contribution in [0.25, 0.3) is 0 Å². The maximum atomic E-state index is 12.6. The number of carbonyl (C=O) groups excluding carboxylic acids is 1. The summed E-state index contributed by atoms with van der Waals surface area (Å²) in [4.78, 5) is 11.8. The van der Waals surface area contributed by atoms with Crippen LogP contribution in [0.5, 0.6) is 5.75 Å². The molecule has 24 heavy (non-hydrogen) atoms. The van der Waals surface area contributed by atoms with Crippen molar-refractivity contribution in [2.24, 2.45) is 0 Å². The Morgan fingerprint density at radius 2 is 1.75 bits per heavy atom. The predicted octanol–water partition coefficient (Wildman–Crippen LogP) is 2.63. The number of carbonyl (C=O) groups is 1. The number of phenolic OH excluding ortho intramolecular Hbond substituents is 1. The zero-order chi connectivity index (χ0) is 17.7. The van der Waals surface area contributed by atoms with E-state index in [1.54, 1.807) is 12.1 Å². The standard InChI is InChI=1S/C17H16F3NO3/c18-17(19,20)13-5-1-3-11(7-13)9-15(23)16(24)21-10-12-4-2-6-14(22)8-12/h1-8,15,22-23H,9-10H2,(H,21,24). The van der Waals surface area contributed by atoms with E-state index in [0.29, 0.717) is 5.56 Å². The maximum Gasteiger partial charge on any atom is 0.416 e. The zero-order valence-corrected chi connectivity index (χ0v) is 12.5. The molecule has 0 heterocycles. The van der Waals surface area contributed by atoms with Gasteiger partial charge in [0.1, 0.15) is 11.9 Å². The van der Waals surface area contributed by atoms with E-state index in [9.17, 15) is 28.2 Å². The normalized spacial score (nSPS) is 12.7. The number of hydrogen-bond donors (Lipinski definition) is 3. The highest BCUT2D eigenvalue weighted by Gasteiger charge is 2.30. The van der Waals surface area contributed by atoms with Crippen LogP contribution < -0.4 is 5.32 Å². The molecule has 0 aliphatic carbocycles. The van der Waals surface area contributed by atoms with Crippen LogP contribution >= 0.6 is 0 Å². The lowest BCUT2D eigenvalue weighted by atomic mass is 10.0. The van der Waals surface area contributed by atoms with Crippen LogP contribution in [-0.2, 0) is 23.9 Å². The molecule has 0 bridgehead atoms. The third kappa shape index (κ3) is 4.99. The second kappa shape index (κ2) is 7.35. The first-order chi connectivity index (χ1) is 11.3. The number of halogens is 3. The molecule has 0 radical (unpaired) electrons. The summed E-state index contributed by atoms with van der Waals surface area (Å²) in [5, 5.41) is 21.6. The Balaban J connectivity index is 1.94. The Bertz CT molecular complexity index is 716. The summed E-state index contributed by atoms with van der Waals surface area (Å²) in [5.41, 5.74) is 0.0202. The van der Waals surface area contributed by atoms with Gasteiger partial charge in [0.05, 0.1) is 5.56 Å². The predicted molar refractivity (Wildman–Crippen MR) is 81.1 cm³/mol. The SMILES string of the molecule is O=C(NCc1cccc(O)c1)C(O)Cc1cccc(C(F)(F)F)c1. The van der Waals surface area contributed by atoms with Crippen molar-refractivity contribution >= 4 is 5.91 Å². The Morgan fingerprint density at radius 3 is 2.42 bits per heavy atom. The molecule has 4 nitrogen and oxygen atoms in total. The van der Waals surface area contributed by atoms with Gasteiger partial charge < -0.3 is 15.5 Å². The highest BCUT2D eigenvalue weighted by molar-refractivity contribution is 5.80. The van der Waals surface area contributed by atoms with E-state index in [2.05, 4.69) is 5.32 Å². The number of phenols is 1. The third-order valence-electron chi connectivity index (χ3n) is 3.36. The molecule has 0 aliphatic heterocycles. The van der Waals surface area contributed by atoms with Gasteiger partial charge in [0.25, 0.3) is 0 Å². The lowest BCUT2D eigenvalue weighted by Crippen LogP contribution is -2.35. The van der Waals surface area contributed by atoms with E-state index < -0.39 is 23.8 Å². The average molecular weight is 339 g/mol. The minimum atomic E-state index is -4.47. The minimum Gasteiger partial charge on any atom is -0.508 e. The van der Waals surface area contributed by atoms with Gasteiger partial charge in [0.2, 0.25) is 5.91 Å². The van der Waals surface area contributed by atoms with Crippen molar-refractivity contribution in [1.82, 2.24) is 5.32 Å². The fourth-order valence-electron chi connectivity index (χ4n) is 2.16. The van der Waals surface area contributed by atoms with Gasteiger partial charge in [-0.05, 0) is 29.3 Å². The molecule has 0 saturated heterocycles. The largest absolute Gasteiger partial charge is 0.508 e. The summed E-state index contributed by atoms with van der Waals surface area (Å²) >= 11 is 0. The molecule has 2 rings (SSSR count). The molecule has 0 fully saturated rings. The van der Waals surface area contributed by atoms with Gasteiger partial charge in [0.15, 0.2) is 0 Å². The number of alkyl halides is 3. The van der Waals surface area contributed by atoms with Gasteiger partial charge in [-0.1, -0.05) is 30.3 Å². The summed E-state index contributed by atoms with van der Waals surface area (Å²) in [6.45, 7) is 0.0902. The van der Waals surface area contributed by atoms with Gasteiger partial charge in [-0.2, -0.15) is 13.2 Å². The number of amides is 1. The third-order valence-corrected chi connectivity index (χ3v) is 3.36. The summed E-state index contributed by atoms with van der Waals surface area (Å²) in [5.74, 6) is -0.651. The fraction of sp³-hybridized carbons (Fsp3) is 0.235. The van der Waals surface area contributed by atoms with E-state index >= 15 is 0 Å². The van der Waals surface area contributed by atoms with Crippen molar-refractivity contribution in [2.75, 3.05) is 0 Å². The number of hydrogen-bond acceptors (Lipinski definition) is 3. The first-order valence-electron chi connectivity index (χ1n) is 7.15. The van der Waals surface area contributed by atoms with Crippen LogP contribution in [0.4, 0.5) is 13.2 Å². The highest BCUT2D eigenvalue weighted by atomic mass is 19.4. The van der Waals surface area contributed by atoms with Crippen molar-refractivity contribution in [3.8, 4) is 5.75 Å². The summed E-state index contributed by atoms with van der Waals surface area (Å²) in [7, 11) is 0. The van der Waals surface area contributed by atoms with E-state index in [0.717, 1.165) is 12.1 Å². The van der Waals surface area contributed by atoms with Gasteiger partial charge in [-0.3, -0.25) is 4.79 Å². The van der Waals surface area contributed by atoms with Crippen LogP contribution in [0.15, 0.2) is 48.5 Å². The molecule has 2 aromatic carbocycles. The Kier molecular flexibility index (Phi) is 5.46. The Hall–Kier alpha value is -2.54. The van der Waals surface area contributed by atoms with Crippen molar-refractivity contribution < 1.29 is 28.2 Å². The molecule has 128 valence electrons. The number of benzene rings is 2. The molecule has 7 heteroatoms. The van der Waals surface area contributed by atoms with Crippen LogP contribution in [0.1, 0.15) is 16.7 Å². The van der Waals surface area contributed by atoms with Crippen LogP contribution in [0.3, 0.4) is 0 Å². The lowest BCUT2D eigenvalue weighted by molar-refractivity contribution is -0.137. The van der Waals surface area contributed by atoms with E-state index in [1.807, 2.05) is 0 Å². The number of aromatic hydroxyl groups is 1. The lowest BCUT2D eigenvalue weighted by Gasteiger charge is -2.13. The van der Waals surface area contributed by atoms with Crippen LogP contribution in [0.2, 0.25) is 0 Å². The Labute approximate surface area is 136 Å². The van der Waals surface area contributed by atoms with E-state index in [4.69, 9.17) is 0 Å². The summed E-state index contributed by atoms with van der Waals surface area (Å²) < 4.78 is 37.9. The van der Waals surface area contributed by atoms with Crippen molar-refractivity contribution in [3.63, 3.8) is 0 Å². The smallest absolute Gasteiger partial charge is 0.416 e. The molecule has 3 N–H and O–H groups in total. The Morgan fingerprint density at radius 1 is 1.08 bits per heavy atom. The molecule has 0 spiro atoms. The summed E-state index contributed by atoms with van der Waals surface area (Å²) in [6.07, 6.45) is -6.17. The summed E-state index contributed by atoms with van der Waals surface area (Å²) in [6, 6.07) is 10.7.